The summed E-state index contributed by atoms with van der Waals surface area (Å²) >= 11 is 0. The quantitative estimate of drug-likeness (QED) is 0.602. The SMILES string of the molecule is O=C(N[C@H]1CCCC[C@@H]1O)c1ccc(F)c(/C=C(\F)c2cncc(NC3CCOCC3)c2)c1. The van der Waals surface area contributed by atoms with Gasteiger partial charge in [-0.15, -0.1) is 0 Å². The molecule has 2 fully saturated rings. The number of aliphatic hydroxyl groups is 1. The molecule has 2 heterocycles. The molecule has 0 bridgehead atoms. The molecule has 0 unspecified atom stereocenters. The van der Waals surface area contributed by atoms with Crippen molar-refractivity contribution < 1.29 is 23.4 Å². The van der Waals surface area contributed by atoms with Gasteiger partial charge in [0.05, 0.1) is 17.8 Å². The third-order valence-corrected chi connectivity index (χ3v) is 6.19. The summed E-state index contributed by atoms with van der Waals surface area (Å²) in [6, 6.07) is 5.36. The third-order valence-electron chi connectivity index (χ3n) is 6.19. The fraction of sp³-hybridized carbons (Fsp3) is 0.440. The summed E-state index contributed by atoms with van der Waals surface area (Å²) in [4.78, 5) is 16.7. The topological polar surface area (TPSA) is 83.5 Å². The Bertz CT molecular complexity index is 1010. The fourth-order valence-corrected chi connectivity index (χ4v) is 4.27. The summed E-state index contributed by atoms with van der Waals surface area (Å²) in [5.41, 5.74) is 1.07. The standard InChI is InChI=1S/C25H29F2N3O3/c26-21-6-5-16(25(32)30-23-3-1-2-4-24(23)31)11-17(21)13-22(27)18-12-20(15-28-14-18)29-19-7-9-33-10-8-19/h5-6,11-15,19,23-24,29,31H,1-4,7-10H2,(H,30,32)/b22-13-/t23-,24-/m0/s1. The first kappa shape index (κ1) is 23.3. The molecule has 1 saturated heterocycles. The lowest BCUT2D eigenvalue weighted by Gasteiger charge is -2.28. The number of hydrogen-bond donors (Lipinski definition) is 3. The molecule has 33 heavy (non-hydrogen) atoms. The molecule has 3 N–H and O–H groups in total. The maximum atomic E-state index is 15.0. The van der Waals surface area contributed by atoms with Crippen LogP contribution in [-0.4, -0.2) is 47.4 Å². The molecule has 1 amide bonds. The first-order valence-corrected chi connectivity index (χ1v) is 11.4. The number of benzene rings is 1. The highest BCUT2D eigenvalue weighted by Gasteiger charge is 2.25. The van der Waals surface area contributed by atoms with E-state index in [9.17, 15) is 18.7 Å². The number of pyridine rings is 1. The van der Waals surface area contributed by atoms with Crippen LogP contribution in [0.4, 0.5) is 14.5 Å². The highest BCUT2D eigenvalue weighted by Crippen LogP contribution is 2.25. The Kier molecular flexibility index (Phi) is 7.67. The van der Waals surface area contributed by atoms with E-state index in [-0.39, 0.29) is 28.8 Å². The van der Waals surface area contributed by atoms with E-state index in [1.807, 2.05) is 0 Å². The van der Waals surface area contributed by atoms with Crippen LogP contribution in [0.25, 0.3) is 11.9 Å². The number of nitrogens with one attached hydrogen (secondary N) is 2. The molecule has 1 aromatic heterocycles. The Labute approximate surface area is 192 Å². The summed E-state index contributed by atoms with van der Waals surface area (Å²) in [7, 11) is 0. The maximum Gasteiger partial charge on any atom is 0.251 e. The van der Waals surface area contributed by atoms with E-state index < -0.39 is 23.7 Å². The van der Waals surface area contributed by atoms with Crippen molar-refractivity contribution >= 4 is 23.5 Å². The average Bonchev–Trinajstić information content (AvgIpc) is 2.82. The van der Waals surface area contributed by atoms with Gasteiger partial charge in [0.1, 0.15) is 11.6 Å². The van der Waals surface area contributed by atoms with Gasteiger partial charge in [-0.3, -0.25) is 9.78 Å². The summed E-state index contributed by atoms with van der Waals surface area (Å²) in [5, 5.41) is 16.2. The maximum absolute atomic E-state index is 15.0. The minimum Gasteiger partial charge on any atom is -0.391 e. The molecule has 176 valence electrons. The summed E-state index contributed by atoms with van der Waals surface area (Å²) in [5.74, 6) is -1.71. The van der Waals surface area contributed by atoms with E-state index in [0.29, 0.717) is 31.7 Å². The van der Waals surface area contributed by atoms with Crippen molar-refractivity contribution in [2.45, 2.75) is 56.7 Å². The summed E-state index contributed by atoms with van der Waals surface area (Å²) in [6.45, 7) is 1.36. The lowest BCUT2D eigenvalue weighted by Crippen LogP contribution is -2.45. The van der Waals surface area contributed by atoms with Crippen LogP contribution in [0.5, 0.6) is 0 Å². The second-order valence-corrected chi connectivity index (χ2v) is 8.65. The number of amides is 1. The lowest BCUT2D eigenvalue weighted by atomic mass is 9.92. The first-order valence-electron chi connectivity index (χ1n) is 11.4. The molecule has 1 aliphatic heterocycles. The smallest absolute Gasteiger partial charge is 0.251 e. The first-order chi connectivity index (χ1) is 16.0. The van der Waals surface area contributed by atoms with Gasteiger partial charge in [0.25, 0.3) is 5.91 Å². The Hall–Kier alpha value is -2.84. The van der Waals surface area contributed by atoms with Crippen LogP contribution in [0, 0.1) is 5.82 Å². The van der Waals surface area contributed by atoms with E-state index in [0.717, 1.165) is 37.8 Å². The zero-order chi connectivity index (χ0) is 23.2. The van der Waals surface area contributed by atoms with Gasteiger partial charge in [-0.25, -0.2) is 8.78 Å². The van der Waals surface area contributed by atoms with Crippen LogP contribution in [0.15, 0.2) is 36.7 Å². The van der Waals surface area contributed by atoms with Crippen LogP contribution in [-0.2, 0) is 4.74 Å². The Balaban J connectivity index is 1.48. The van der Waals surface area contributed by atoms with Gasteiger partial charge in [0, 0.05) is 48.3 Å². The fourth-order valence-electron chi connectivity index (χ4n) is 4.27. The van der Waals surface area contributed by atoms with Crippen molar-refractivity contribution in [2.24, 2.45) is 0 Å². The molecule has 0 radical (unpaired) electrons. The zero-order valence-corrected chi connectivity index (χ0v) is 18.4. The van der Waals surface area contributed by atoms with Gasteiger partial charge < -0.3 is 20.5 Å². The number of halogens is 2. The van der Waals surface area contributed by atoms with Gasteiger partial charge in [-0.1, -0.05) is 12.8 Å². The van der Waals surface area contributed by atoms with Crippen molar-refractivity contribution in [1.29, 1.82) is 0 Å². The van der Waals surface area contributed by atoms with Crippen LogP contribution < -0.4 is 10.6 Å². The third kappa shape index (κ3) is 6.15. The second kappa shape index (κ2) is 10.9. The monoisotopic (exact) mass is 457 g/mol. The number of carbonyl (C=O) groups is 1. The number of rotatable bonds is 6. The molecule has 1 aromatic carbocycles. The largest absolute Gasteiger partial charge is 0.391 e. The van der Waals surface area contributed by atoms with E-state index in [1.54, 1.807) is 12.3 Å². The van der Waals surface area contributed by atoms with Gasteiger partial charge >= 0.3 is 0 Å². The number of nitrogens with zero attached hydrogens (tertiary/aromatic N) is 1. The van der Waals surface area contributed by atoms with Crippen LogP contribution in [0.3, 0.4) is 0 Å². The molecule has 2 aromatic rings. The average molecular weight is 458 g/mol. The molecular formula is C25H29F2N3O3. The molecule has 0 spiro atoms. The number of hydrogen-bond acceptors (Lipinski definition) is 5. The lowest BCUT2D eigenvalue weighted by molar-refractivity contribution is 0.0717. The second-order valence-electron chi connectivity index (χ2n) is 8.65. The minimum absolute atomic E-state index is 0.0351. The number of ether oxygens (including phenoxy) is 1. The molecule has 6 nitrogen and oxygen atoms in total. The summed E-state index contributed by atoms with van der Waals surface area (Å²) in [6.07, 6.45) is 8.40. The van der Waals surface area contributed by atoms with Gasteiger partial charge in [-0.2, -0.15) is 0 Å². The molecule has 8 heteroatoms. The number of anilines is 1. The Morgan fingerprint density at radius 3 is 2.67 bits per heavy atom. The normalized spacial score (nSPS) is 22.1. The molecule has 1 aliphatic carbocycles. The van der Waals surface area contributed by atoms with Gasteiger partial charge in [0.15, 0.2) is 0 Å². The van der Waals surface area contributed by atoms with Gasteiger partial charge in [0.2, 0.25) is 0 Å². The number of aliphatic hydroxyl groups excluding tert-OH is 1. The van der Waals surface area contributed by atoms with E-state index >= 15 is 0 Å². The minimum atomic E-state index is -0.655. The molecule has 2 atom stereocenters. The molecule has 1 saturated carbocycles. The van der Waals surface area contributed by atoms with Crippen LogP contribution in [0.2, 0.25) is 0 Å². The van der Waals surface area contributed by atoms with Crippen molar-refractivity contribution in [2.75, 3.05) is 18.5 Å². The molecular weight excluding hydrogens is 428 g/mol. The number of aromatic nitrogens is 1. The van der Waals surface area contributed by atoms with E-state index in [1.165, 1.54) is 18.3 Å². The van der Waals surface area contributed by atoms with Gasteiger partial charge in [-0.05, 0) is 56.0 Å². The van der Waals surface area contributed by atoms with E-state index in [4.69, 9.17) is 4.74 Å². The van der Waals surface area contributed by atoms with Crippen LogP contribution in [0.1, 0.15) is 60.0 Å². The van der Waals surface area contributed by atoms with Crippen molar-refractivity contribution in [3.63, 3.8) is 0 Å². The molecule has 2 aliphatic rings. The summed E-state index contributed by atoms with van der Waals surface area (Å²) < 4.78 is 34.7. The Morgan fingerprint density at radius 2 is 1.88 bits per heavy atom. The van der Waals surface area contributed by atoms with Crippen LogP contribution >= 0.6 is 0 Å². The van der Waals surface area contributed by atoms with E-state index in [2.05, 4.69) is 15.6 Å². The number of carbonyl (C=O) groups excluding carboxylic acids is 1. The predicted octanol–water partition coefficient (Wildman–Crippen LogP) is 4.31. The zero-order valence-electron chi connectivity index (χ0n) is 18.4. The van der Waals surface area contributed by atoms with Crippen molar-refractivity contribution in [3.05, 3.63) is 59.2 Å². The van der Waals surface area contributed by atoms with Crippen molar-refractivity contribution in [3.8, 4) is 0 Å². The van der Waals surface area contributed by atoms with Crippen molar-refractivity contribution in [1.82, 2.24) is 10.3 Å². The molecule has 4 rings (SSSR count). The Morgan fingerprint density at radius 1 is 1.09 bits per heavy atom. The predicted molar refractivity (Wildman–Crippen MR) is 123 cm³/mol. The highest BCUT2D eigenvalue weighted by atomic mass is 19.1. The highest BCUT2D eigenvalue weighted by molar-refractivity contribution is 5.95.